The molecule has 0 saturated heterocycles. The fraction of sp³-hybridized carbons (Fsp3) is 0.438. The molecule has 0 atom stereocenters. The van der Waals surface area contributed by atoms with E-state index in [1.54, 1.807) is 11.3 Å². The minimum Gasteiger partial charge on any atom is -0.487 e. The maximum atomic E-state index is 5.97. The summed E-state index contributed by atoms with van der Waals surface area (Å²) in [7, 11) is 0. The van der Waals surface area contributed by atoms with Gasteiger partial charge >= 0.3 is 0 Å². The van der Waals surface area contributed by atoms with E-state index in [2.05, 4.69) is 44.8 Å². The van der Waals surface area contributed by atoms with Gasteiger partial charge in [0, 0.05) is 11.9 Å². The van der Waals surface area contributed by atoms with E-state index in [0.717, 1.165) is 16.5 Å². The second-order valence-electron chi connectivity index (χ2n) is 5.97. The Bertz CT molecular complexity index is 584. The summed E-state index contributed by atoms with van der Waals surface area (Å²) >= 11 is 1.58. The first kappa shape index (κ1) is 15.0. The Hall–Kier alpha value is -1.39. The van der Waals surface area contributed by atoms with Crippen LogP contribution in [0.5, 0.6) is 5.75 Å². The largest absolute Gasteiger partial charge is 0.487 e. The van der Waals surface area contributed by atoms with Gasteiger partial charge in [-0.05, 0) is 24.0 Å². The van der Waals surface area contributed by atoms with E-state index >= 15 is 0 Å². The van der Waals surface area contributed by atoms with E-state index in [1.807, 2.05) is 11.4 Å². The fourth-order valence-electron chi connectivity index (χ4n) is 2.02. The van der Waals surface area contributed by atoms with Crippen molar-refractivity contribution in [2.45, 2.75) is 46.3 Å². The fourth-order valence-corrected chi connectivity index (χ4v) is 2.68. The van der Waals surface area contributed by atoms with Crippen LogP contribution in [0.25, 0.3) is 0 Å². The van der Waals surface area contributed by atoms with Gasteiger partial charge in [-0.15, -0.1) is 11.3 Å². The molecule has 0 unspecified atom stereocenters. The minimum absolute atomic E-state index is 0.0614. The third-order valence-electron chi connectivity index (χ3n) is 3.09. The molecule has 20 heavy (non-hydrogen) atoms. The summed E-state index contributed by atoms with van der Waals surface area (Å²) in [6.07, 6.45) is 0. The SMILES string of the molecule is Cc1ccc(OCc2csc(CN)n2)c(C(C)(C)C)c1. The Balaban J connectivity index is 2.17. The van der Waals surface area contributed by atoms with Gasteiger partial charge in [0.15, 0.2) is 0 Å². The van der Waals surface area contributed by atoms with Crippen LogP contribution in [0.4, 0.5) is 0 Å². The van der Waals surface area contributed by atoms with Gasteiger partial charge in [0.25, 0.3) is 0 Å². The lowest BCUT2D eigenvalue weighted by Crippen LogP contribution is -2.14. The van der Waals surface area contributed by atoms with E-state index in [1.165, 1.54) is 11.1 Å². The van der Waals surface area contributed by atoms with Gasteiger partial charge in [0.2, 0.25) is 0 Å². The van der Waals surface area contributed by atoms with Gasteiger partial charge in [-0.25, -0.2) is 4.98 Å². The standard InChI is InChI=1S/C16H22N2OS/c1-11-5-6-14(13(7-11)16(2,3)4)19-9-12-10-20-15(8-17)18-12/h5-7,10H,8-9,17H2,1-4H3. The number of ether oxygens (including phenoxy) is 1. The Morgan fingerprint density at radius 3 is 2.65 bits per heavy atom. The van der Waals surface area contributed by atoms with Crippen LogP contribution in [0.3, 0.4) is 0 Å². The highest BCUT2D eigenvalue weighted by Crippen LogP contribution is 2.32. The Morgan fingerprint density at radius 2 is 2.05 bits per heavy atom. The summed E-state index contributed by atoms with van der Waals surface area (Å²) < 4.78 is 5.97. The molecule has 2 rings (SSSR count). The normalized spacial score (nSPS) is 11.7. The van der Waals surface area contributed by atoms with Gasteiger partial charge in [0.05, 0.1) is 5.69 Å². The van der Waals surface area contributed by atoms with Crippen molar-refractivity contribution in [3.05, 3.63) is 45.4 Å². The molecule has 0 aliphatic carbocycles. The third-order valence-corrected chi connectivity index (χ3v) is 4.01. The van der Waals surface area contributed by atoms with Gasteiger partial charge in [0.1, 0.15) is 17.4 Å². The van der Waals surface area contributed by atoms with Crippen LogP contribution in [0.15, 0.2) is 23.6 Å². The topological polar surface area (TPSA) is 48.1 Å². The van der Waals surface area contributed by atoms with E-state index in [4.69, 9.17) is 10.5 Å². The van der Waals surface area contributed by atoms with Crippen molar-refractivity contribution in [3.63, 3.8) is 0 Å². The van der Waals surface area contributed by atoms with Crippen LogP contribution < -0.4 is 10.5 Å². The van der Waals surface area contributed by atoms with Crippen LogP contribution in [0.1, 0.15) is 42.6 Å². The number of aryl methyl sites for hydroxylation is 1. The minimum atomic E-state index is 0.0614. The molecule has 0 spiro atoms. The number of hydrogen-bond acceptors (Lipinski definition) is 4. The molecule has 2 aromatic rings. The number of nitrogens with two attached hydrogens (primary N) is 1. The maximum absolute atomic E-state index is 5.97. The van der Waals surface area contributed by atoms with Crippen LogP contribution >= 0.6 is 11.3 Å². The summed E-state index contributed by atoms with van der Waals surface area (Å²) in [5.41, 5.74) is 9.06. The summed E-state index contributed by atoms with van der Waals surface area (Å²) in [5, 5.41) is 2.95. The summed E-state index contributed by atoms with van der Waals surface area (Å²) in [5.74, 6) is 0.936. The molecule has 1 aromatic heterocycles. The number of rotatable bonds is 4. The summed E-state index contributed by atoms with van der Waals surface area (Å²) in [4.78, 5) is 4.42. The van der Waals surface area contributed by atoms with Crippen molar-refractivity contribution in [2.75, 3.05) is 0 Å². The molecule has 1 heterocycles. The molecule has 0 radical (unpaired) electrons. The molecule has 108 valence electrons. The van der Waals surface area contributed by atoms with Crippen LogP contribution in [0.2, 0.25) is 0 Å². The molecule has 0 aliphatic rings. The molecule has 0 amide bonds. The first-order valence-electron chi connectivity index (χ1n) is 6.77. The number of hydrogen-bond donors (Lipinski definition) is 1. The highest BCUT2D eigenvalue weighted by Gasteiger charge is 2.19. The van der Waals surface area contributed by atoms with Gasteiger partial charge in [-0.2, -0.15) is 0 Å². The van der Waals surface area contributed by atoms with E-state index in [9.17, 15) is 0 Å². The van der Waals surface area contributed by atoms with Crippen molar-refractivity contribution in [1.82, 2.24) is 4.98 Å². The smallest absolute Gasteiger partial charge is 0.131 e. The zero-order valence-electron chi connectivity index (χ0n) is 12.6. The first-order chi connectivity index (χ1) is 9.40. The monoisotopic (exact) mass is 290 g/mol. The third kappa shape index (κ3) is 3.58. The average Bonchev–Trinajstić information content (AvgIpc) is 2.84. The van der Waals surface area contributed by atoms with Gasteiger partial charge in [-0.3, -0.25) is 0 Å². The Labute approximate surface area is 124 Å². The second kappa shape index (κ2) is 5.94. The summed E-state index contributed by atoms with van der Waals surface area (Å²) in [6, 6.07) is 6.32. The maximum Gasteiger partial charge on any atom is 0.131 e. The van der Waals surface area contributed by atoms with Gasteiger partial charge in [-0.1, -0.05) is 38.5 Å². The second-order valence-corrected chi connectivity index (χ2v) is 6.92. The van der Waals surface area contributed by atoms with Crippen molar-refractivity contribution in [1.29, 1.82) is 0 Å². The quantitative estimate of drug-likeness (QED) is 0.932. The highest BCUT2D eigenvalue weighted by molar-refractivity contribution is 7.09. The molecule has 0 saturated carbocycles. The molecule has 1 aromatic carbocycles. The number of nitrogens with zero attached hydrogens (tertiary/aromatic N) is 1. The number of benzene rings is 1. The molecule has 3 nitrogen and oxygen atoms in total. The van der Waals surface area contributed by atoms with E-state index in [0.29, 0.717) is 13.2 Å². The predicted molar refractivity (Wildman–Crippen MR) is 84.2 cm³/mol. The highest BCUT2D eigenvalue weighted by atomic mass is 32.1. The Morgan fingerprint density at radius 1 is 1.30 bits per heavy atom. The molecule has 4 heteroatoms. The van der Waals surface area contributed by atoms with Crippen molar-refractivity contribution in [3.8, 4) is 5.75 Å². The van der Waals surface area contributed by atoms with Crippen LogP contribution in [-0.2, 0) is 18.6 Å². The molecular formula is C16H22N2OS. The predicted octanol–water partition coefficient (Wildman–Crippen LogP) is 3.79. The number of aromatic nitrogens is 1. The lowest BCUT2D eigenvalue weighted by molar-refractivity contribution is 0.293. The zero-order valence-corrected chi connectivity index (χ0v) is 13.4. The van der Waals surface area contributed by atoms with Crippen LogP contribution in [-0.4, -0.2) is 4.98 Å². The van der Waals surface area contributed by atoms with Crippen molar-refractivity contribution in [2.24, 2.45) is 5.73 Å². The number of thiazole rings is 1. The van der Waals surface area contributed by atoms with E-state index in [-0.39, 0.29) is 5.41 Å². The molecule has 2 N–H and O–H groups in total. The molecule has 0 bridgehead atoms. The lowest BCUT2D eigenvalue weighted by Gasteiger charge is -2.23. The van der Waals surface area contributed by atoms with Gasteiger partial charge < -0.3 is 10.5 Å². The Kier molecular flexibility index (Phi) is 4.45. The lowest BCUT2D eigenvalue weighted by atomic mass is 9.85. The van der Waals surface area contributed by atoms with E-state index < -0.39 is 0 Å². The molecule has 0 aliphatic heterocycles. The average molecular weight is 290 g/mol. The van der Waals surface area contributed by atoms with Crippen molar-refractivity contribution >= 4 is 11.3 Å². The zero-order chi connectivity index (χ0) is 14.8. The summed E-state index contributed by atoms with van der Waals surface area (Å²) in [6.45, 7) is 9.68. The first-order valence-corrected chi connectivity index (χ1v) is 7.65. The molecular weight excluding hydrogens is 268 g/mol. The molecule has 0 fully saturated rings. The van der Waals surface area contributed by atoms with Crippen LogP contribution in [0, 0.1) is 6.92 Å². The van der Waals surface area contributed by atoms with Crippen molar-refractivity contribution < 1.29 is 4.74 Å².